The highest BCUT2D eigenvalue weighted by atomic mass is 79.9. The minimum absolute atomic E-state index is 0.0174. The second-order valence-electron chi connectivity index (χ2n) is 8.34. The lowest BCUT2D eigenvalue weighted by molar-refractivity contribution is -0.145. The summed E-state index contributed by atoms with van der Waals surface area (Å²) in [5.74, 6) is 1.08. The largest absolute Gasteiger partial charge is 0.493 e. The quantitative estimate of drug-likeness (QED) is 0.261. The van der Waals surface area contributed by atoms with E-state index in [1.165, 1.54) is 0 Å². The molecule has 1 aromatic heterocycles. The first kappa shape index (κ1) is 26.9. The number of hydrogen-bond acceptors (Lipinski definition) is 7. The van der Waals surface area contributed by atoms with Gasteiger partial charge in [-0.3, -0.25) is 10.1 Å². The molecule has 9 heteroatoms. The molecule has 0 aliphatic heterocycles. The van der Waals surface area contributed by atoms with Crippen molar-refractivity contribution in [2.24, 2.45) is 0 Å². The minimum atomic E-state index is -1.12. The summed E-state index contributed by atoms with van der Waals surface area (Å²) in [5, 5.41) is 21.9. The van der Waals surface area contributed by atoms with Crippen molar-refractivity contribution in [3.05, 3.63) is 69.5 Å². The van der Waals surface area contributed by atoms with Crippen LogP contribution in [0.1, 0.15) is 42.8 Å². The summed E-state index contributed by atoms with van der Waals surface area (Å²) in [5.41, 5.74) is 3.42. The number of aliphatic hydroxyl groups excluding tert-OH is 1. The maximum absolute atomic E-state index is 11.0. The van der Waals surface area contributed by atoms with Gasteiger partial charge in [-0.15, -0.1) is 0 Å². The van der Waals surface area contributed by atoms with Gasteiger partial charge < -0.3 is 24.1 Å². The fourth-order valence-corrected chi connectivity index (χ4v) is 3.98. The Morgan fingerprint density at radius 2 is 1.94 bits per heavy atom. The number of nitrogens with one attached hydrogen (secondary N) is 1. The summed E-state index contributed by atoms with van der Waals surface area (Å²) in [7, 11) is 0. The van der Waals surface area contributed by atoms with Gasteiger partial charge in [-0.25, -0.2) is 4.98 Å². The van der Waals surface area contributed by atoms with Crippen molar-refractivity contribution in [2.45, 2.75) is 59.1 Å². The molecular formula is C26H31BrN2O6. The third kappa shape index (κ3) is 8.17. The molecule has 3 rings (SSSR count). The number of carbonyl (C=O) groups is 1. The van der Waals surface area contributed by atoms with E-state index in [0.717, 1.165) is 32.6 Å². The van der Waals surface area contributed by atoms with Crippen LogP contribution in [0.5, 0.6) is 5.75 Å². The molecule has 0 aliphatic rings. The maximum Gasteiger partial charge on any atom is 0.303 e. The first-order valence-corrected chi connectivity index (χ1v) is 12.3. The standard InChI is InChI=1S/C26H31BrN2O6/c1-16(2)34-26(32)28-15-19-14-20(10-8-18(19)9-11-24(30)31)33-13-12-23-17(3)35-25(29-23)21-6-4-5-7-22(21)27/h4-8,10,14,16,26,28,32H,9,11-13,15H2,1-3H3,(H,30,31). The number of rotatable bonds is 13. The van der Waals surface area contributed by atoms with Crippen LogP contribution in [0, 0.1) is 6.92 Å². The van der Waals surface area contributed by atoms with Gasteiger partial charge in [-0.2, -0.15) is 0 Å². The van der Waals surface area contributed by atoms with Crippen molar-refractivity contribution in [2.75, 3.05) is 6.61 Å². The van der Waals surface area contributed by atoms with Crippen LogP contribution in [-0.2, 0) is 28.9 Å². The molecule has 2 aromatic carbocycles. The average Bonchev–Trinajstić information content (AvgIpc) is 3.16. The third-order valence-electron chi connectivity index (χ3n) is 5.26. The van der Waals surface area contributed by atoms with Crippen LogP contribution in [0.15, 0.2) is 51.4 Å². The first-order chi connectivity index (χ1) is 16.7. The zero-order valence-corrected chi connectivity index (χ0v) is 21.7. The summed E-state index contributed by atoms with van der Waals surface area (Å²) in [6.45, 7) is 6.24. The van der Waals surface area contributed by atoms with Crippen LogP contribution in [0.4, 0.5) is 0 Å². The molecule has 0 saturated carbocycles. The summed E-state index contributed by atoms with van der Waals surface area (Å²) >= 11 is 3.53. The SMILES string of the molecule is Cc1oc(-c2ccccc2Br)nc1CCOc1ccc(CCC(=O)O)c(CNC(O)OC(C)C)c1. The number of carboxylic acids is 1. The number of aryl methyl sites for hydroxylation is 2. The monoisotopic (exact) mass is 546 g/mol. The smallest absolute Gasteiger partial charge is 0.303 e. The van der Waals surface area contributed by atoms with Crippen molar-refractivity contribution < 1.29 is 28.9 Å². The first-order valence-electron chi connectivity index (χ1n) is 11.5. The van der Waals surface area contributed by atoms with Crippen molar-refractivity contribution in [3.63, 3.8) is 0 Å². The summed E-state index contributed by atoms with van der Waals surface area (Å²) < 4.78 is 18.0. The number of benzene rings is 2. The fraction of sp³-hybridized carbons (Fsp3) is 0.385. The minimum Gasteiger partial charge on any atom is -0.493 e. The van der Waals surface area contributed by atoms with Crippen LogP contribution in [0.2, 0.25) is 0 Å². The molecule has 1 unspecified atom stereocenters. The van der Waals surface area contributed by atoms with Gasteiger partial charge in [-0.1, -0.05) is 18.2 Å². The fourth-order valence-electron chi connectivity index (χ4n) is 3.52. The molecule has 0 spiro atoms. The highest BCUT2D eigenvalue weighted by Gasteiger charge is 2.14. The molecule has 0 radical (unpaired) electrons. The Balaban J connectivity index is 1.65. The van der Waals surface area contributed by atoms with Crippen molar-refractivity contribution in [1.82, 2.24) is 10.3 Å². The second kappa shape index (κ2) is 12.8. The van der Waals surface area contributed by atoms with E-state index in [4.69, 9.17) is 19.0 Å². The summed E-state index contributed by atoms with van der Waals surface area (Å²) in [4.78, 5) is 15.7. The van der Waals surface area contributed by atoms with Gasteiger partial charge in [0.15, 0.2) is 0 Å². The van der Waals surface area contributed by atoms with E-state index in [9.17, 15) is 9.90 Å². The van der Waals surface area contributed by atoms with Gasteiger partial charge in [0.1, 0.15) is 11.5 Å². The molecule has 3 N–H and O–H groups in total. The zero-order valence-electron chi connectivity index (χ0n) is 20.1. The lowest BCUT2D eigenvalue weighted by Gasteiger charge is -2.18. The van der Waals surface area contributed by atoms with Crippen LogP contribution in [0.3, 0.4) is 0 Å². The van der Waals surface area contributed by atoms with Gasteiger partial charge in [0.05, 0.1) is 24.0 Å². The number of ether oxygens (including phenoxy) is 2. The Bertz CT molecular complexity index is 1130. The molecular weight excluding hydrogens is 516 g/mol. The molecule has 0 fully saturated rings. The van der Waals surface area contributed by atoms with E-state index in [-0.39, 0.29) is 12.5 Å². The Morgan fingerprint density at radius 3 is 2.66 bits per heavy atom. The van der Waals surface area contributed by atoms with Gasteiger partial charge in [0.2, 0.25) is 12.3 Å². The predicted octanol–water partition coefficient (Wildman–Crippen LogP) is 4.84. The molecule has 35 heavy (non-hydrogen) atoms. The van der Waals surface area contributed by atoms with Gasteiger partial charge in [0.25, 0.3) is 0 Å². The highest BCUT2D eigenvalue weighted by molar-refractivity contribution is 9.10. The van der Waals surface area contributed by atoms with Crippen molar-refractivity contribution in [3.8, 4) is 17.2 Å². The normalized spacial score (nSPS) is 12.2. The Kier molecular flexibility index (Phi) is 9.85. The number of aliphatic carboxylic acids is 1. The molecule has 0 bridgehead atoms. The van der Waals surface area contributed by atoms with E-state index >= 15 is 0 Å². The number of carboxylic acid groups (broad SMARTS) is 1. The average molecular weight is 547 g/mol. The number of aromatic nitrogens is 1. The predicted molar refractivity (Wildman–Crippen MR) is 135 cm³/mol. The van der Waals surface area contributed by atoms with Gasteiger partial charge in [-0.05, 0) is 78.5 Å². The molecule has 8 nitrogen and oxygen atoms in total. The van der Waals surface area contributed by atoms with Crippen molar-refractivity contribution in [1.29, 1.82) is 0 Å². The summed E-state index contributed by atoms with van der Waals surface area (Å²) in [6.07, 6.45) is -0.300. The lowest BCUT2D eigenvalue weighted by atomic mass is 10.0. The number of hydrogen-bond donors (Lipinski definition) is 3. The van der Waals surface area contributed by atoms with Crippen LogP contribution >= 0.6 is 15.9 Å². The Labute approximate surface area is 213 Å². The second-order valence-corrected chi connectivity index (χ2v) is 9.20. The summed E-state index contributed by atoms with van der Waals surface area (Å²) in [6, 6.07) is 13.3. The van der Waals surface area contributed by atoms with Crippen LogP contribution < -0.4 is 10.1 Å². The lowest BCUT2D eigenvalue weighted by Crippen LogP contribution is -2.33. The number of halogens is 1. The maximum atomic E-state index is 11.0. The highest BCUT2D eigenvalue weighted by Crippen LogP contribution is 2.29. The molecule has 1 heterocycles. The van der Waals surface area contributed by atoms with Crippen molar-refractivity contribution >= 4 is 21.9 Å². The third-order valence-corrected chi connectivity index (χ3v) is 5.95. The van der Waals surface area contributed by atoms with Gasteiger partial charge >= 0.3 is 5.97 Å². The number of oxazole rings is 1. The van der Waals surface area contributed by atoms with Crippen LogP contribution in [0.25, 0.3) is 11.5 Å². The topological polar surface area (TPSA) is 114 Å². The zero-order chi connectivity index (χ0) is 25.4. The molecule has 3 aromatic rings. The Hall–Kier alpha value is -2.72. The molecule has 0 amide bonds. The molecule has 1 atom stereocenters. The molecule has 0 saturated heterocycles. The Morgan fingerprint density at radius 1 is 1.17 bits per heavy atom. The van der Waals surface area contributed by atoms with E-state index < -0.39 is 12.4 Å². The van der Waals surface area contributed by atoms with E-state index in [0.29, 0.717) is 37.6 Å². The van der Waals surface area contributed by atoms with E-state index in [2.05, 4.69) is 26.2 Å². The number of nitrogens with zero attached hydrogens (tertiary/aromatic N) is 1. The molecule has 0 aliphatic carbocycles. The van der Waals surface area contributed by atoms with E-state index in [1.807, 2.05) is 63.2 Å². The van der Waals surface area contributed by atoms with Crippen LogP contribution in [-0.4, -0.2) is 40.3 Å². The van der Waals surface area contributed by atoms with Gasteiger partial charge in [0, 0.05) is 23.9 Å². The van der Waals surface area contributed by atoms with E-state index in [1.54, 1.807) is 0 Å². The molecule has 188 valence electrons. The number of aliphatic hydroxyl groups is 1.